The van der Waals surface area contributed by atoms with Crippen LogP contribution in [0, 0.1) is 0 Å². The third kappa shape index (κ3) is 2.90. The van der Waals surface area contributed by atoms with E-state index in [0.717, 1.165) is 17.0 Å². The second-order valence-corrected chi connectivity index (χ2v) is 6.11. The van der Waals surface area contributed by atoms with Crippen LogP contribution in [-0.2, 0) is 4.79 Å². The first-order chi connectivity index (χ1) is 12.8. The average Bonchev–Trinajstić information content (AvgIpc) is 2.71. The summed E-state index contributed by atoms with van der Waals surface area (Å²) in [7, 11) is 1.63. The standard InChI is InChI=1S/C22H19NO3/c1-25-18-14-12-17(13-15-18)23-20(16-8-4-2-5-9-16)21(22(23)24)26-19-10-6-3-7-11-19/h2-15,20-21H,1H3/t20-,21+/m1/s1. The summed E-state index contributed by atoms with van der Waals surface area (Å²) < 4.78 is 11.2. The lowest BCUT2D eigenvalue weighted by molar-refractivity contribution is -0.135. The topological polar surface area (TPSA) is 38.8 Å². The number of para-hydroxylation sites is 1. The van der Waals surface area contributed by atoms with Gasteiger partial charge in [0.25, 0.3) is 5.91 Å². The molecule has 0 saturated carbocycles. The van der Waals surface area contributed by atoms with Gasteiger partial charge in [-0.05, 0) is 42.0 Å². The molecular formula is C22H19NO3. The molecule has 0 unspecified atom stereocenters. The van der Waals surface area contributed by atoms with E-state index in [9.17, 15) is 4.79 Å². The van der Waals surface area contributed by atoms with E-state index in [1.54, 1.807) is 12.0 Å². The van der Waals surface area contributed by atoms with E-state index in [-0.39, 0.29) is 11.9 Å². The zero-order valence-corrected chi connectivity index (χ0v) is 14.4. The number of benzene rings is 3. The molecule has 3 aromatic rings. The summed E-state index contributed by atoms with van der Waals surface area (Å²) in [5, 5.41) is 0. The first-order valence-electron chi connectivity index (χ1n) is 8.52. The molecule has 0 bridgehead atoms. The number of carbonyl (C=O) groups is 1. The van der Waals surface area contributed by atoms with Crippen molar-refractivity contribution < 1.29 is 14.3 Å². The molecule has 0 aromatic heterocycles. The SMILES string of the molecule is COc1ccc(N2C(=O)[C@@H](Oc3ccccc3)[C@H]2c2ccccc2)cc1. The summed E-state index contributed by atoms with van der Waals surface area (Å²) in [6.07, 6.45) is -0.540. The van der Waals surface area contributed by atoms with Crippen LogP contribution < -0.4 is 14.4 Å². The Morgan fingerprint density at radius 2 is 1.38 bits per heavy atom. The number of nitrogens with zero attached hydrogens (tertiary/aromatic N) is 1. The second kappa shape index (κ2) is 6.92. The predicted octanol–water partition coefficient (Wildman–Crippen LogP) is 4.23. The Labute approximate surface area is 152 Å². The smallest absolute Gasteiger partial charge is 0.271 e. The van der Waals surface area contributed by atoms with Gasteiger partial charge in [0, 0.05) is 5.69 Å². The van der Waals surface area contributed by atoms with Crippen LogP contribution in [0.2, 0.25) is 0 Å². The molecule has 0 N–H and O–H groups in total. The summed E-state index contributed by atoms with van der Waals surface area (Å²) in [6, 6.07) is 26.8. The normalized spacial score (nSPS) is 19.0. The third-order valence-corrected chi connectivity index (χ3v) is 4.54. The number of hydrogen-bond donors (Lipinski definition) is 0. The number of ether oxygens (including phenoxy) is 2. The molecule has 2 atom stereocenters. The molecule has 4 heteroatoms. The first kappa shape index (κ1) is 16.2. The van der Waals surface area contributed by atoms with Crippen molar-refractivity contribution in [2.45, 2.75) is 12.1 Å². The summed E-state index contributed by atoms with van der Waals surface area (Å²) in [5.74, 6) is 1.41. The average molecular weight is 345 g/mol. The second-order valence-electron chi connectivity index (χ2n) is 6.11. The highest BCUT2D eigenvalue weighted by molar-refractivity contribution is 6.05. The van der Waals surface area contributed by atoms with E-state index in [2.05, 4.69) is 0 Å². The Balaban J connectivity index is 1.66. The zero-order valence-electron chi connectivity index (χ0n) is 14.4. The quantitative estimate of drug-likeness (QED) is 0.650. The molecule has 130 valence electrons. The monoisotopic (exact) mass is 345 g/mol. The van der Waals surface area contributed by atoms with Gasteiger partial charge in [0.05, 0.1) is 7.11 Å². The number of methoxy groups -OCH3 is 1. The van der Waals surface area contributed by atoms with Crippen LogP contribution in [-0.4, -0.2) is 19.1 Å². The molecule has 4 nitrogen and oxygen atoms in total. The highest BCUT2D eigenvalue weighted by atomic mass is 16.5. The van der Waals surface area contributed by atoms with Crippen LogP contribution in [0.4, 0.5) is 5.69 Å². The number of β-lactam (4-membered cyclic amide) rings is 1. The maximum Gasteiger partial charge on any atom is 0.271 e. The van der Waals surface area contributed by atoms with E-state index in [4.69, 9.17) is 9.47 Å². The minimum Gasteiger partial charge on any atom is -0.497 e. The lowest BCUT2D eigenvalue weighted by Crippen LogP contribution is -2.61. The maximum atomic E-state index is 12.9. The highest BCUT2D eigenvalue weighted by Crippen LogP contribution is 2.41. The van der Waals surface area contributed by atoms with Gasteiger partial charge in [-0.1, -0.05) is 48.5 Å². The molecule has 3 aromatic carbocycles. The Morgan fingerprint density at radius 1 is 0.769 bits per heavy atom. The van der Waals surface area contributed by atoms with Gasteiger partial charge in [0.2, 0.25) is 6.10 Å². The maximum absolute atomic E-state index is 12.9. The van der Waals surface area contributed by atoms with Crippen molar-refractivity contribution in [1.82, 2.24) is 0 Å². The molecular weight excluding hydrogens is 326 g/mol. The molecule has 1 heterocycles. The Morgan fingerprint density at radius 3 is 2.00 bits per heavy atom. The first-order valence-corrected chi connectivity index (χ1v) is 8.52. The molecule has 1 fully saturated rings. The van der Waals surface area contributed by atoms with Crippen LogP contribution in [0.3, 0.4) is 0 Å². The van der Waals surface area contributed by atoms with Crippen molar-refractivity contribution in [2.75, 3.05) is 12.0 Å². The fourth-order valence-corrected chi connectivity index (χ4v) is 3.23. The minimum absolute atomic E-state index is 0.0483. The number of rotatable bonds is 5. The zero-order chi connectivity index (χ0) is 17.9. The van der Waals surface area contributed by atoms with Crippen LogP contribution in [0.25, 0.3) is 0 Å². The van der Waals surface area contributed by atoms with Gasteiger partial charge in [-0.25, -0.2) is 0 Å². The lowest BCUT2D eigenvalue weighted by Gasteiger charge is -2.46. The van der Waals surface area contributed by atoms with E-state index in [0.29, 0.717) is 5.75 Å². The lowest BCUT2D eigenvalue weighted by atomic mass is 9.89. The molecule has 0 spiro atoms. The summed E-state index contributed by atoms with van der Waals surface area (Å²) in [5.41, 5.74) is 1.88. The van der Waals surface area contributed by atoms with E-state index >= 15 is 0 Å². The highest BCUT2D eigenvalue weighted by Gasteiger charge is 2.50. The molecule has 1 aliphatic heterocycles. The van der Waals surface area contributed by atoms with Gasteiger partial charge >= 0.3 is 0 Å². The molecule has 26 heavy (non-hydrogen) atoms. The van der Waals surface area contributed by atoms with Crippen LogP contribution in [0.1, 0.15) is 11.6 Å². The molecule has 0 radical (unpaired) electrons. The Bertz CT molecular complexity index is 878. The number of amides is 1. The molecule has 1 saturated heterocycles. The fourth-order valence-electron chi connectivity index (χ4n) is 3.23. The van der Waals surface area contributed by atoms with Crippen molar-refractivity contribution in [3.05, 3.63) is 90.5 Å². The van der Waals surface area contributed by atoms with Crippen molar-refractivity contribution >= 4 is 11.6 Å². The molecule has 1 aliphatic rings. The van der Waals surface area contributed by atoms with Gasteiger partial charge in [0.15, 0.2) is 0 Å². The molecule has 0 aliphatic carbocycles. The Kier molecular flexibility index (Phi) is 4.32. The van der Waals surface area contributed by atoms with Gasteiger partial charge in [-0.3, -0.25) is 9.69 Å². The summed E-state index contributed by atoms with van der Waals surface area (Å²) in [6.45, 7) is 0. The van der Waals surface area contributed by atoms with Crippen molar-refractivity contribution in [1.29, 1.82) is 0 Å². The van der Waals surface area contributed by atoms with E-state index < -0.39 is 6.10 Å². The van der Waals surface area contributed by atoms with Crippen LogP contribution in [0.15, 0.2) is 84.9 Å². The molecule has 1 amide bonds. The summed E-state index contributed by atoms with van der Waals surface area (Å²) >= 11 is 0. The number of hydrogen-bond acceptors (Lipinski definition) is 3. The largest absolute Gasteiger partial charge is 0.497 e. The number of carbonyl (C=O) groups excluding carboxylic acids is 1. The van der Waals surface area contributed by atoms with E-state index in [1.807, 2.05) is 84.9 Å². The Hall–Kier alpha value is -3.27. The third-order valence-electron chi connectivity index (χ3n) is 4.54. The fraction of sp³-hybridized carbons (Fsp3) is 0.136. The van der Waals surface area contributed by atoms with Gasteiger partial charge < -0.3 is 9.47 Å². The summed E-state index contributed by atoms with van der Waals surface area (Å²) in [4.78, 5) is 14.7. The van der Waals surface area contributed by atoms with Crippen molar-refractivity contribution in [3.63, 3.8) is 0 Å². The van der Waals surface area contributed by atoms with Gasteiger partial charge in [-0.15, -0.1) is 0 Å². The molecule has 4 rings (SSSR count). The van der Waals surface area contributed by atoms with Crippen molar-refractivity contribution in [2.24, 2.45) is 0 Å². The minimum atomic E-state index is -0.540. The van der Waals surface area contributed by atoms with Crippen LogP contribution >= 0.6 is 0 Å². The number of anilines is 1. The van der Waals surface area contributed by atoms with Gasteiger partial charge in [0.1, 0.15) is 17.5 Å². The van der Waals surface area contributed by atoms with E-state index in [1.165, 1.54) is 0 Å². The van der Waals surface area contributed by atoms with Crippen molar-refractivity contribution in [3.8, 4) is 11.5 Å². The predicted molar refractivity (Wildman–Crippen MR) is 101 cm³/mol. The van der Waals surface area contributed by atoms with Crippen LogP contribution in [0.5, 0.6) is 11.5 Å². The van der Waals surface area contributed by atoms with Gasteiger partial charge in [-0.2, -0.15) is 0 Å².